The maximum atomic E-state index is 12.6. The first kappa shape index (κ1) is 106. The van der Waals surface area contributed by atoms with E-state index in [4.69, 9.17) is 57.2 Å². The molecule has 19 aliphatic rings. The molecule has 0 aromatic heterocycles. The third kappa shape index (κ3) is 22.4. The van der Waals surface area contributed by atoms with Crippen LogP contribution in [0, 0.1) is 113 Å². The molecule has 734 valence electrons. The lowest BCUT2D eigenvalue weighted by Crippen LogP contribution is -2.67. The smallest absolute Gasteiger partial charge is 0.350 e. The van der Waals surface area contributed by atoms with Gasteiger partial charge in [0, 0.05) is 55.8 Å². The number of carboxylic acid groups (broad SMARTS) is 1. The minimum absolute atomic E-state index is 0.00857. The molecule has 19 fully saturated rings. The second-order valence-corrected chi connectivity index (χ2v) is 49.5. The third-order valence-electron chi connectivity index (χ3n) is 34.7. The van der Waals surface area contributed by atoms with Crippen molar-refractivity contribution >= 4 is 53.7 Å². The molecule has 0 radical (unpaired) electrons. The molecule has 15 aliphatic carbocycles. The molecule has 15 saturated carbocycles. The molecule has 19 rings (SSSR count). The Balaban J connectivity index is 0.000000158. The number of carbonyl (C=O) groups is 9. The average molecular weight is 1820 g/mol. The monoisotopic (exact) mass is 1820 g/mol. The summed E-state index contributed by atoms with van der Waals surface area (Å²) in [4.78, 5) is 108. The fourth-order valence-electron chi connectivity index (χ4n) is 24.3. The molecule has 5 N–H and O–H groups in total. The Morgan fingerprint density at radius 1 is 0.434 bits per heavy atom. The van der Waals surface area contributed by atoms with Crippen LogP contribution in [0.4, 0.5) is 0 Å². The maximum Gasteiger partial charge on any atom is 0.350 e. The van der Waals surface area contributed by atoms with Crippen molar-refractivity contribution in [3.63, 3.8) is 0 Å². The Morgan fingerprint density at radius 3 is 1.20 bits per heavy atom. The summed E-state index contributed by atoms with van der Waals surface area (Å²) in [6.07, 6.45) is 22.5. The average Bonchev–Trinajstić information content (AvgIpc) is 1.62. The van der Waals surface area contributed by atoms with Gasteiger partial charge < -0.3 is 77.6 Å². The van der Waals surface area contributed by atoms with E-state index in [9.17, 15) is 68.8 Å². The van der Waals surface area contributed by atoms with Crippen LogP contribution < -0.4 is 0 Å². The zero-order valence-electron chi connectivity index (χ0n) is 84.0. The molecule has 129 heavy (non-hydrogen) atoms. The number of hydrogen-bond acceptors (Lipinski definition) is 25. The number of aliphatic carboxylic acids is 1. The quantitative estimate of drug-likeness (QED) is 0.0496. The highest BCUT2D eigenvalue weighted by Crippen LogP contribution is 2.67. The van der Waals surface area contributed by atoms with Crippen LogP contribution in [0.5, 0.6) is 0 Å². The summed E-state index contributed by atoms with van der Waals surface area (Å²) in [5.41, 5.74) is -9.49. The molecule has 26 nitrogen and oxygen atoms in total. The SMILES string of the molecule is CCC(C)(C)C(=O)O.CCC(C)(C)C(=O)OC(C)(C)C12CC3CC(CC(C3)C1)C2.CCC(C)(C)C(=O)OC(C)(C)C1CCC(C)CC1.CCC(C)(C)C(=O)OC12CC3CC(O)(CC(O)(C3)C1)C2.CCC(C)(C)C(=O)OC12CC3CC(O)(CC(O)(C3)C1)C2.CCC(C)(C)C(=O)OC1C(=O)OC2C3OC(C)(C)OC3OC12.CCC(C)(C)C(=O)OC1C2CC3C1OC(=O)C3(C#N)C2. The number of esters is 8. The first-order valence-electron chi connectivity index (χ1n) is 49.4. The molecule has 14 bridgehead atoms. The first-order valence-corrected chi connectivity index (χ1v) is 49.4. The fraction of sp³-hybridized carbons (Fsp3) is 0.903. The van der Waals surface area contributed by atoms with Gasteiger partial charge in [0.1, 0.15) is 40.7 Å². The van der Waals surface area contributed by atoms with Gasteiger partial charge in [0.25, 0.3) is 0 Å². The van der Waals surface area contributed by atoms with E-state index >= 15 is 0 Å². The van der Waals surface area contributed by atoms with Crippen molar-refractivity contribution in [2.45, 2.75) is 486 Å². The third-order valence-corrected chi connectivity index (χ3v) is 34.7. The summed E-state index contributed by atoms with van der Waals surface area (Å²) >= 11 is 0. The highest BCUT2D eigenvalue weighted by atomic mass is 16.9. The molecule has 14 unspecified atom stereocenters. The van der Waals surface area contributed by atoms with E-state index in [1.54, 1.807) is 41.5 Å². The van der Waals surface area contributed by atoms with Gasteiger partial charge in [-0.2, -0.15) is 5.26 Å². The van der Waals surface area contributed by atoms with Gasteiger partial charge in [-0.05, 0) is 328 Å². The van der Waals surface area contributed by atoms with Crippen LogP contribution in [-0.4, -0.2) is 173 Å². The van der Waals surface area contributed by atoms with E-state index in [2.05, 4.69) is 47.6 Å². The van der Waals surface area contributed by atoms with Crippen molar-refractivity contribution in [3.05, 3.63) is 0 Å². The van der Waals surface area contributed by atoms with E-state index in [0.717, 1.165) is 94.3 Å². The van der Waals surface area contributed by atoms with Crippen LogP contribution in [0.1, 0.15) is 393 Å². The number of rotatable bonds is 22. The van der Waals surface area contributed by atoms with E-state index in [-0.39, 0.29) is 87.1 Å². The molecule has 14 atom stereocenters. The second-order valence-electron chi connectivity index (χ2n) is 49.5. The standard InChI is InChI=1S/C19H32O2.2C16H26O4.C16H30O2.C15H19NO4.C15H22O7.C6H12O2/c1-6-17(2,3)16(20)21-18(4,5)19-10-13-7-14(11-19)9-15(8-13)12-19;2*1-4-13(2,3)12(17)20-16-7-11-5-14(18,9-16)8-15(19,6-11)10-16;1-7-15(3,4)14(17)18-16(5,6)13-10-8-12(2)9-11-13;1-4-14(2,3)12(17)19-10-8-5-9-11(10)20-13(18)15(9,6-8)7-16;1-6-14(2,3)13(17)20-9-7-8(18-11(9)16)10-12(19-7)22-15(4,5)21-10;1-4-6(2,3)5(7)8/h13-15H,6-12H2,1-5H3;2*11,18-19H,4-10H2,1-3H3;12-13H,7-11H2,1-6H3;8-11H,4-6H2,1-3H3;7-10,12H,6H2,1-5H3;4H2,1-3H3,(H,7,8). The Hall–Kier alpha value is -5.56. The van der Waals surface area contributed by atoms with Gasteiger partial charge in [-0.25, -0.2) is 4.79 Å². The topological polar surface area (TPSA) is 380 Å². The molecule has 0 amide bonds. The first-order chi connectivity index (χ1) is 59.1. The van der Waals surface area contributed by atoms with Crippen LogP contribution in [0.2, 0.25) is 0 Å². The van der Waals surface area contributed by atoms with Gasteiger partial charge in [0.2, 0.25) is 6.10 Å². The van der Waals surface area contributed by atoms with Crippen LogP contribution >= 0.6 is 0 Å². The van der Waals surface area contributed by atoms with Gasteiger partial charge in [0.05, 0.1) is 66.4 Å². The fourth-order valence-corrected chi connectivity index (χ4v) is 24.3. The molecule has 4 heterocycles. The van der Waals surface area contributed by atoms with E-state index in [0.29, 0.717) is 70.1 Å². The summed E-state index contributed by atoms with van der Waals surface area (Å²) in [7, 11) is 0. The van der Waals surface area contributed by atoms with Gasteiger partial charge >= 0.3 is 53.7 Å². The Bertz CT molecular complexity index is 3970. The van der Waals surface area contributed by atoms with Crippen LogP contribution in [0.15, 0.2) is 0 Å². The lowest BCUT2D eigenvalue weighted by Gasteiger charge is -2.62. The van der Waals surface area contributed by atoms with E-state index in [1.165, 1.54) is 64.2 Å². The molecule has 0 aromatic carbocycles. The summed E-state index contributed by atoms with van der Waals surface area (Å²) in [5, 5.41) is 60.4. The van der Waals surface area contributed by atoms with Crippen molar-refractivity contribution in [2.24, 2.45) is 102 Å². The Kier molecular flexibility index (Phi) is 30.4. The van der Waals surface area contributed by atoms with Crippen molar-refractivity contribution < 1.29 is 121 Å². The number of carbonyl (C=O) groups excluding carboxylic acids is 8. The van der Waals surface area contributed by atoms with Crippen LogP contribution in [-0.2, 0) is 95.3 Å². The van der Waals surface area contributed by atoms with E-state index < -0.39 is 133 Å². The summed E-state index contributed by atoms with van der Waals surface area (Å²) in [5.74, 6) is 0.892. The van der Waals surface area contributed by atoms with E-state index in [1.807, 2.05) is 111 Å². The molecule has 0 spiro atoms. The number of hydrogen-bond donors (Lipinski definition) is 5. The van der Waals surface area contributed by atoms with Crippen molar-refractivity contribution in [2.75, 3.05) is 0 Å². The summed E-state index contributed by atoms with van der Waals surface area (Å²) < 4.78 is 62.4. The number of fused-ring (bicyclic) bond motifs is 4. The predicted octanol–water partition coefficient (Wildman–Crippen LogP) is 18.3. The maximum absolute atomic E-state index is 12.6. The Labute approximate surface area is 770 Å². The van der Waals surface area contributed by atoms with Gasteiger partial charge in [-0.1, -0.05) is 68.2 Å². The van der Waals surface area contributed by atoms with Crippen molar-refractivity contribution in [1.29, 1.82) is 5.26 Å². The summed E-state index contributed by atoms with van der Waals surface area (Å²) in [6.45, 7) is 54.3. The number of aliphatic hydroxyl groups is 4. The second kappa shape index (κ2) is 37.2. The lowest BCUT2D eigenvalue weighted by atomic mass is 9.46. The van der Waals surface area contributed by atoms with Gasteiger partial charge in [0.15, 0.2) is 29.7 Å². The van der Waals surface area contributed by atoms with Gasteiger partial charge in [-0.15, -0.1) is 0 Å². The van der Waals surface area contributed by atoms with Gasteiger partial charge in [-0.3, -0.25) is 38.4 Å². The van der Waals surface area contributed by atoms with Crippen LogP contribution in [0.3, 0.4) is 0 Å². The molecular weight excluding hydrogens is 1650 g/mol. The molecule has 4 aliphatic heterocycles. The Morgan fingerprint density at radius 2 is 0.822 bits per heavy atom. The normalized spacial score (nSPS) is 38.2. The minimum atomic E-state index is -1.07. The van der Waals surface area contributed by atoms with Crippen molar-refractivity contribution in [3.8, 4) is 6.07 Å². The number of nitriles is 1. The van der Waals surface area contributed by atoms with Crippen molar-refractivity contribution in [1.82, 2.24) is 0 Å². The zero-order valence-corrected chi connectivity index (χ0v) is 84.0. The predicted molar refractivity (Wildman–Crippen MR) is 481 cm³/mol. The molecule has 0 aromatic rings. The highest BCUT2D eigenvalue weighted by molar-refractivity contribution is 5.86. The lowest BCUT2D eigenvalue weighted by molar-refractivity contribution is -0.265. The number of ether oxygens (including phenoxy) is 11. The molecular formula is C103H167NO25. The number of carboxylic acids is 1. The molecule has 26 heteroatoms. The zero-order chi connectivity index (χ0) is 96.8. The minimum Gasteiger partial charge on any atom is -0.481 e. The largest absolute Gasteiger partial charge is 0.481 e. The number of nitrogens with zero attached hydrogens (tertiary/aromatic N) is 1. The highest BCUT2D eigenvalue weighted by Gasteiger charge is 2.74. The summed E-state index contributed by atoms with van der Waals surface area (Å²) in [6, 6.07) is 2.15. The van der Waals surface area contributed by atoms with Crippen LogP contribution in [0.25, 0.3) is 0 Å². The molecule has 4 saturated heterocycles.